The van der Waals surface area contributed by atoms with Crippen molar-refractivity contribution < 1.29 is 13.5 Å². The second kappa shape index (κ2) is 8.17. The fraction of sp³-hybridized carbons (Fsp3) is 0.375. The average Bonchev–Trinajstić information content (AvgIpc) is 2.99. The van der Waals surface area contributed by atoms with Gasteiger partial charge in [0.15, 0.2) is 0 Å². The smallest absolute Gasteiger partial charge is 0.250 e. The first-order valence-corrected chi connectivity index (χ1v) is 10.5. The van der Waals surface area contributed by atoms with Crippen molar-refractivity contribution in [1.82, 2.24) is 4.72 Å². The number of rotatable bonds is 7. The molecule has 0 radical (unpaired) electrons. The van der Waals surface area contributed by atoms with E-state index in [1.165, 1.54) is 12.1 Å². The van der Waals surface area contributed by atoms with Gasteiger partial charge in [0.1, 0.15) is 4.21 Å². The molecular formula is C16H19Cl2NO3S2. The van der Waals surface area contributed by atoms with Gasteiger partial charge in [-0.15, -0.1) is 11.3 Å². The summed E-state index contributed by atoms with van der Waals surface area (Å²) in [5.74, 6) is -0.0686. The molecule has 0 aliphatic carbocycles. The van der Waals surface area contributed by atoms with Crippen molar-refractivity contribution in [2.24, 2.45) is 5.92 Å². The molecule has 24 heavy (non-hydrogen) atoms. The molecule has 1 aromatic carbocycles. The molecule has 0 aliphatic rings. The number of hydrogen-bond acceptors (Lipinski definition) is 4. The number of halogens is 2. The summed E-state index contributed by atoms with van der Waals surface area (Å²) in [5.41, 5.74) is 0.608. The molecule has 0 amide bonds. The highest BCUT2D eigenvalue weighted by Gasteiger charge is 2.31. The molecule has 0 fully saturated rings. The Bertz CT molecular complexity index is 775. The predicted octanol–water partition coefficient (Wildman–Crippen LogP) is 4.48. The van der Waals surface area contributed by atoms with Crippen LogP contribution in [0.3, 0.4) is 0 Å². The maximum atomic E-state index is 12.6. The third kappa shape index (κ3) is 4.71. The number of aliphatic hydroxyl groups excluding tert-OH is 1. The Morgan fingerprint density at radius 3 is 2.29 bits per heavy atom. The van der Waals surface area contributed by atoms with Gasteiger partial charge in [0.25, 0.3) is 0 Å². The van der Waals surface area contributed by atoms with E-state index < -0.39 is 22.2 Å². The van der Waals surface area contributed by atoms with E-state index in [1.807, 2.05) is 13.8 Å². The molecule has 0 bridgehead atoms. The van der Waals surface area contributed by atoms with E-state index in [0.29, 0.717) is 21.3 Å². The van der Waals surface area contributed by atoms with Crippen molar-refractivity contribution in [2.75, 3.05) is 0 Å². The minimum Gasteiger partial charge on any atom is -0.387 e. The topological polar surface area (TPSA) is 66.4 Å². The van der Waals surface area contributed by atoms with Gasteiger partial charge in [-0.25, -0.2) is 13.1 Å². The lowest BCUT2D eigenvalue weighted by Crippen LogP contribution is -2.43. The third-order valence-corrected chi connectivity index (χ3v) is 7.35. The number of aliphatic hydroxyl groups is 1. The summed E-state index contributed by atoms with van der Waals surface area (Å²) >= 11 is 12.7. The number of hydrogen-bond donors (Lipinski definition) is 2. The zero-order chi connectivity index (χ0) is 17.9. The summed E-state index contributed by atoms with van der Waals surface area (Å²) in [6.07, 6.45) is -0.273. The van der Waals surface area contributed by atoms with Crippen LogP contribution in [0.15, 0.2) is 40.6 Å². The van der Waals surface area contributed by atoms with Crippen molar-refractivity contribution in [2.45, 2.75) is 36.6 Å². The molecule has 2 N–H and O–H groups in total. The highest BCUT2D eigenvalue weighted by molar-refractivity contribution is 7.91. The number of benzene rings is 1. The van der Waals surface area contributed by atoms with Gasteiger partial charge in [-0.1, -0.05) is 55.6 Å². The maximum Gasteiger partial charge on any atom is 0.250 e. The van der Waals surface area contributed by atoms with Crippen molar-refractivity contribution in [3.63, 3.8) is 0 Å². The predicted molar refractivity (Wildman–Crippen MR) is 99.3 cm³/mol. The lowest BCUT2D eigenvalue weighted by Gasteiger charge is -2.29. The molecule has 0 spiro atoms. The summed E-state index contributed by atoms with van der Waals surface area (Å²) < 4.78 is 28.3. The molecule has 132 valence electrons. The number of sulfonamides is 1. The standard InChI is InChI=1S/C16H19Cl2NO3S2/c1-3-10(2)15(16(20)11-4-6-12(17)7-5-11)19-24(21,22)14-9-8-13(18)23-14/h4-10,15-16,19-20H,3H2,1-2H3/t10-,15?,16-/m0/s1. The largest absolute Gasteiger partial charge is 0.387 e. The van der Waals surface area contributed by atoms with Crippen LogP contribution >= 0.6 is 34.5 Å². The van der Waals surface area contributed by atoms with E-state index in [4.69, 9.17) is 23.2 Å². The Morgan fingerprint density at radius 2 is 1.79 bits per heavy atom. The molecular weight excluding hydrogens is 389 g/mol. The highest BCUT2D eigenvalue weighted by atomic mass is 35.5. The van der Waals surface area contributed by atoms with Gasteiger partial charge >= 0.3 is 0 Å². The maximum absolute atomic E-state index is 12.6. The lowest BCUT2D eigenvalue weighted by molar-refractivity contribution is 0.112. The van der Waals surface area contributed by atoms with E-state index in [-0.39, 0.29) is 10.1 Å². The van der Waals surface area contributed by atoms with Crippen LogP contribution in [0.5, 0.6) is 0 Å². The number of nitrogens with one attached hydrogen (secondary N) is 1. The fourth-order valence-corrected chi connectivity index (χ4v) is 5.27. The second-order valence-electron chi connectivity index (χ2n) is 5.59. The summed E-state index contributed by atoms with van der Waals surface area (Å²) in [5, 5.41) is 11.3. The van der Waals surface area contributed by atoms with Crippen molar-refractivity contribution in [3.8, 4) is 0 Å². The minimum atomic E-state index is -3.76. The Morgan fingerprint density at radius 1 is 1.17 bits per heavy atom. The summed E-state index contributed by atoms with van der Waals surface area (Å²) in [6, 6.07) is 9.05. The zero-order valence-corrected chi connectivity index (χ0v) is 16.4. The molecule has 1 heterocycles. The van der Waals surface area contributed by atoms with Gasteiger partial charge < -0.3 is 5.11 Å². The molecule has 3 atom stereocenters. The first-order chi connectivity index (χ1) is 11.2. The second-order valence-corrected chi connectivity index (χ2v) is 9.68. The van der Waals surface area contributed by atoms with Crippen LogP contribution in [0.4, 0.5) is 0 Å². The average molecular weight is 408 g/mol. The monoisotopic (exact) mass is 407 g/mol. The van der Waals surface area contributed by atoms with Crippen LogP contribution in [0.25, 0.3) is 0 Å². The van der Waals surface area contributed by atoms with Crippen LogP contribution in [-0.4, -0.2) is 19.6 Å². The quantitative estimate of drug-likeness (QED) is 0.710. The molecule has 1 aromatic heterocycles. The molecule has 0 aliphatic heterocycles. The first kappa shape index (κ1) is 19.7. The molecule has 4 nitrogen and oxygen atoms in total. The van der Waals surface area contributed by atoms with Gasteiger partial charge in [-0.2, -0.15) is 0 Å². The summed E-state index contributed by atoms with van der Waals surface area (Å²) in [4.78, 5) is 0. The first-order valence-electron chi connectivity index (χ1n) is 7.45. The van der Waals surface area contributed by atoms with Gasteiger partial charge in [0, 0.05) is 5.02 Å². The van der Waals surface area contributed by atoms with Gasteiger partial charge in [0.05, 0.1) is 16.5 Å². The lowest BCUT2D eigenvalue weighted by atomic mass is 9.91. The zero-order valence-electron chi connectivity index (χ0n) is 13.2. The van der Waals surface area contributed by atoms with Gasteiger partial charge in [-0.3, -0.25) is 0 Å². The van der Waals surface area contributed by atoms with Crippen LogP contribution < -0.4 is 4.72 Å². The molecule has 2 aromatic rings. The Hall–Kier alpha value is -0.630. The van der Waals surface area contributed by atoms with Crippen molar-refractivity contribution in [1.29, 1.82) is 0 Å². The van der Waals surface area contributed by atoms with Gasteiger partial charge in [0.2, 0.25) is 10.0 Å². The highest BCUT2D eigenvalue weighted by Crippen LogP contribution is 2.29. The molecule has 2 rings (SSSR count). The van der Waals surface area contributed by atoms with Crippen LogP contribution in [0.1, 0.15) is 31.9 Å². The van der Waals surface area contributed by atoms with E-state index >= 15 is 0 Å². The molecule has 0 saturated carbocycles. The van der Waals surface area contributed by atoms with Crippen molar-refractivity contribution in [3.05, 3.63) is 51.3 Å². The van der Waals surface area contributed by atoms with Crippen LogP contribution in [0, 0.1) is 5.92 Å². The van der Waals surface area contributed by atoms with E-state index in [2.05, 4.69) is 4.72 Å². The molecule has 1 unspecified atom stereocenters. The van der Waals surface area contributed by atoms with Crippen molar-refractivity contribution >= 4 is 44.6 Å². The van der Waals surface area contributed by atoms with E-state index in [1.54, 1.807) is 24.3 Å². The van der Waals surface area contributed by atoms with Crippen LogP contribution in [-0.2, 0) is 10.0 Å². The van der Waals surface area contributed by atoms with Gasteiger partial charge in [-0.05, 0) is 35.7 Å². The summed E-state index contributed by atoms with van der Waals surface area (Å²) in [6.45, 7) is 3.84. The van der Waals surface area contributed by atoms with E-state index in [0.717, 1.165) is 11.3 Å². The number of thiophene rings is 1. The third-order valence-electron chi connectivity index (χ3n) is 3.91. The minimum absolute atomic E-state index is 0.0686. The Kier molecular flexibility index (Phi) is 6.70. The SMILES string of the molecule is CC[C@H](C)C(NS(=O)(=O)c1ccc(Cl)s1)[C@@H](O)c1ccc(Cl)cc1. The molecule has 0 saturated heterocycles. The fourth-order valence-electron chi connectivity index (χ4n) is 2.29. The van der Waals surface area contributed by atoms with Crippen LogP contribution in [0.2, 0.25) is 9.36 Å². The normalized spacial score (nSPS) is 15.9. The molecule has 8 heteroatoms. The Balaban J connectivity index is 2.30. The summed E-state index contributed by atoms with van der Waals surface area (Å²) in [7, 11) is -3.76. The van der Waals surface area contributed by atoms with E-state index in [9.17, 15) is 13.5 Å². The Labute approximate surface area is 156 Å².